The van der Waals surface area contributed by atoms with Gasteiger partial charge in [-0.15, -0.1) is 0 Å². The molecule has 0 spiro atoms. The van der Waals surface area contributed by atoms with Crippen LogP contribution in [0.3, 0.4) is 0 Å². The smallest absolute Gasteiger partial charge is 0.242 e. The van der Waals surface area contributed by atoms with Gasteiger partial charge in [0, 0.05) is 12.6 Å². The highest BCUT2D eigenvalue weighted by atomic mass is 32.2. The molecule has 1 aliphatic carbocycles. The van der Waals surface area contributed by atoms with Crippen molar-refractivity contribution >= 4 is 23.6 Å². The molecule has 2 atom stereocenters. The summed E-state index contributed by atoms with van der Waals surface area (Å²) in [5, 5.41) is 9.43. The van der Waals surface area contributed by atoms with Gasteiger partial charge in [0.2, 0.25) is 11.8 Å². The van der Waals surface area contributed by atoms with E-state index in [9.17, 15) is 9.59 Å². The van der Waals surface area contributed by atoms with Gasteiger partial charge < -0.3 is 16.0 Å². The molecule has 0 saturated heterocycles. The molecule has 0 radical (unpaired) electrons. The molecule has 1 fully saturated rings. The molecule has 2 amide bonds. The molecule has 0 unspecified atom stereocenters. The quantitative estimate of drug-likeness (QED) is 0.682. The maximum atomic E-state index is 12.8. The number of hydrogen-bond acceptors (Lipinski definition) is 4. The lowest BCUT2D eigenvalue weighted by Gasteiger charge is -2.28. The van der Waals surface area contributed by atoms with Gasteiger partial charge in [0.15, 0.2) is 0 Å². The highest BCUT2D eigenvalue weighted by Crippen LogP contribution is 2.19. The number of amides is 2. The Morgan fingerprint density at radius 1 is 1.23 bits per heavy atom. The Balaban J connectivity index is 1.58. The number of rotatable bonds is 7. The van der Waals surface area contributed by atoms with Gasteiger partial charge in [-0.3, -0.25) is 9.59 Å². The van der Waals surface area contributed by atoms with Crippen LogP contribution in [0.25, 0.3) is 0 Å². The predicted octanol–water partition coefficient (Wildman–Crippen LogP) is 2.00. The second-order valence-corrected chi connectivity index (χ2v) is 8.22. The van der Waals surface area contributed by atoms with Crippen molar-refractivity contribution in [2.75, 3.05) is 12.0 Å². The summed E-state index contributed by atoms with van der Waals surface area (Å²) < 4.78 is 0. The van der Waals surface area contributed by atoms with Crippen molar-refractivity contribution in [3.8, 4) is 0 Å². The van der Waals surface area contributed by atoms with Crippen LogP contribution >= 0.6 is 11.8 Å². The minimum absolute atomic E-state index is 0.0319. The lowest BCUT2D eigenvalue weighted by atomic mass is 9.95. The second-order valence-electron chi connectivity index (χ2n) is 7.24. The first-order valence-electron chi connectivity index (χ1n) is 9.57. The third kappa shape index (κ3) is 5.01. The maximum absolute atomic E-state index is 12.8. The average molecular weight is 376 g/mol. The third-order valence-corrected chi connectivity index (χ3v) is 5.99. The summed E-state index contributed by atoms with van der Waals surface area (Å²) in [6, 6.07) is 7.75. The lowest BCUT2D eigenvalue weighted by molar-refractivity contribution is -0.130. The number of carbonyl (C=O) groups is 2. The molecule has 1 heterocycles. The molecule has 5 nitrogen and oxygen atoms in total. The number of fused-ring (bicyclic) bond motifs is 1. The van der Waals surface area contributed by atoms with Crippen LogP contribution in [0, 0.1) is 0 Å². The zero-order valence-corrected chi connectivity index (χ0v) is 16.2. The van der Waals surface area contributed by atoms with Crippen molar-refractivity contribution in [1.29, 1.82) is 0 Å². The van der Waals surface area contributed by atoms with E-state index in [0.29, 0.717) is 19.4 Å². The first kappa shape index (κ1) is 19.2. The van der Waals surface area contributed by atoms with Crippen molar-refractivity contribution < 1.29 is 9.59 Å². The van der Waals surface area contributed by atoms with Gasteiger partial charge in [-0.2, -0.15) is 11.8 Å². The molecular weight excluding hydrogens is 346 g/mol. The van der Waals surface area contributed by atoms with Gasteiger partial charge in [0.05, 0.1) is 6.04 Å². The van der Waals surface area contributed by atoms with E-state index in [1.165, 1.54) is 24.0 Å². The largest absolute Gasteiger partial charge is 0.352 e. The van der Waals surface area contributed by atoms with E-state index in [2.05, 4.69) is 28.1 Å². The molecule has 2 aliphatic rings. The summed E-state index contributed by atoms with van der Waals surface area (Å²) in [5.74, 6) is 0.743. The van der Waals surface area contributed by atoms with Crippen LogP contribution in [-0.2, 0) is 22.6 Å². The first-order chi connectivity index (χ1) is 12.7. The maximum Gasteiger partial charge on any atom is 0.242 e. The number of hydrogen-bond donors (Lipinski definition) is 3. The highest BCUT2D eigenvalue weighted by molar-refractivity contribution is 7.98. The van der Waals surface area contributed by atoms with E-state index in [4.69, 9.17) is 0 Å². The molecule has 1 aromatic carbocycles. The van der Waals surface area contributed by atoms with Crippen LogP contribution in [0.4, 0.5) is 0 Å². The van der Waals surface area contributed by atoms with Crippen LogP contribution in [0.2, 0.25) is 0 Å². The van der Waals surface area contributed by atoms with Crippen molar-refractivity contribution in [3.63, 3.8) is 0 Å². The SMILES string of the molecule is CSCC[C@H](NC(=O)[C@@H]1Cc2ccccc2CN1)C(=O)NC1CCCC1. The van der Waals surface area contributed by atoms with Crippen molar-refractivity contribution in [2.45, 2.75) is 63.2 Å². The summed E-state index contributed by atoms with van der Waals surface area (Å²) in [4.78, 5) is 25.4. The van der Waals surface area contributed by atoms with E-state index < -0.39 is 6.04 Å². The van der Waals surface area contributed by atoms with E-state index >= 15 is 0 Å². The minimum atomic E-state index is -0.450. The molecule has 0 aromatic heterocycles. The number of nitrogens with one attached hydrogen (secondary N) is 3. The van der Waals surface area contributed by atoms with Gasteiger partial charge in [0.1, 0.15) is 6.04 Å². The van der Waals surface area contributed by atoms with Gasteiger partial charge >= 0.3 is 0 Å². The van der Waals surface area contributed by atoms with E-state index in [1.807, 2.05) is 18.4 Å². The van der Waals surface area contributed by atoms with Crippen molar-refractivity contribution in [1.82, 2.24) is 16.0 Å². The van der Waals surface area contributed by atoms with Crippen LogP contribution in [0.15, 0.2) is 24.3 Å². The number of carbonyl (C=O) groups excluding carboxylic acids is 2. The molecule has 3 rings (SSSR count). The fraction of sp³-hybridized carbons (Fsp3) is 0.600. The molecule has 142 valence electrons. The fourth-order valence-corrected chi connectivity index (χ4v) is 4.26. The van der Waals surface area contributed by atoms with E-state index in [-0.39, 0.29) is 23.9 Å². The Hall–Kier alpha value is -1.53. The molecule has 3 N–H and O–H groups in total. The molecule has 6 heteroatoms. The van der Waals surface area contributed by atoms with Crippen LogP contribution in [-0.4, -0.2) is 41.9 Å². The van der Waals surface area contributed by atoms with Crippen molar-refractivity contribution in [3.05, 3.63) is 35.4 Å². The zero-order chi connectivity index (χ0) is 18.4. The number of benzene rings is 1. The fourth-order valence-electron chi connectivity index (χ4n) is 3.79. The first-order valence-corrected chi connectivity index (χ1v) is 11.0. The molecule has 1 aromatic rings. The highest BCUT2D eigenvalue weighted by Gasteiger charge is 2.29. The Morgan fingerprint density at radius 3 is 2.69 bits per heavy atom. The predicted molar refractivity (Wildman–Crippen MR) is 106 cm³/mol. The Labute approximate surface area is 160 Å². The normalized spacial score (nSPS) is 21.0. The monoisotopic (exact) mass is 375 g/mol. The van der Waals surface area contributed by atoms with E-state index in [1.54, 1.807) is 11.8 Å². The zero-order valence-electron chi connectivity index (χ0n) is 15.4. The summed E-state index contributed by atoms with van der Waals surface area (Å²) in [7, 11) is 0. The standard InChI is InChI=1S/C20H29N3O2S/c1-26-11-10-17(19(24)22-16-8-4-5-9-16)23-20(25)18-12-14-6-2-3-7-15(14)13-21-18/h2-3,6-7,16-18,21H,4-5,8-13H2,1H3,(H,22,24)(H,23,25)/t17-,18-/m0/s1. The van der Waals surface area contributed by atoms with Crippen molar-refractivity contribution in [2.24, 2.45) is 0 Å². The van der Waals surface area contributed by atoms with Gasteiger partial charge in [-0.25, -0.2) is 0 Å². The molecule has 26 heavy (non-hydrogen) atoms. The van der Waals surface area contributed by atoms with Crippen LogP contribution in [0.5, 0.6) is 0 Å². The third-order valence-electron chi connectivity index (χ3n) is 5.34. The lowest BCUT2D eigenvalue weighted by Crippen LogP contribution is -2.55. The Kier molecular flexibility index (Phi) is 6.97. The summed E-state index contributed by atoms with van der Waals surface area (Å²) in [5.41, 5.74) is 2.46. The second kappa shape index (κ2) is 9.42. The summed E-state index contributed by atoms with van der Waals surface area (Å²) in [6.07, 6.45) is 7.81. The minimum Gasteiger partial charge on any atom is -0.352 e. The van der Waals surface area contributed by atoms with E-state index in [0.717, 1.165) is 18.6 Å². The van der Waals surface area contributed by atoms with Gasteiger partial charge in [-0.05, 0) is 48.8 Å². The van der Waals surface area contributed by atoms with Crippen LogP contribution < -0.4 is 16.0 Å². The molecule has 1 saturated carbocycles. The molecule has 1 aliphatic heterocycles. The summed E-state index contributed by atoms with van der Waals surface area (Å²) >= 11 is 1.70. The average Bonchev–Trinajstić information content (AvgIpc) is 3.17. The molecule has 0 bridgehead atoms. The Morgan fingerprint density at radius 2 is 1.96 bits per heavy atom. The van der Waals surface area contributed by atoms with Gasteiger partial charge in [0.25, 0.3) is 0 Å². The Bertz CT molecular complexity index is 631. The summed E-state index contributed by atoms with van der Waals surface area (Å²) in [6.45, 7) is 0.692. The number of thioether (sulfide) groups is 1. The molecular formula is C20H29N3O2S. The van der Waals surface area contributed by atoms with Crippen LogP contribution in [0.1, 0.15) is 43.2 Å². The topological polar surface area (TPSA) is 70.2 Å². The van der Waals surface area contributed by atoms with Gasteiger partial charge in [-0.1, -0.05) is 37.1 Å².